The van der Waals surface area contributed by atoms with Gasteiger partial charge in [-0.1, -0.05) is 9.59 Å². The summed E-state index contributed by atoms with van der Waals surface area (Å²) in [7, 11) is 0. The monoisotopic (exact) mass is 197 g/mol. The predicted octanol–water partition coefficient (Wildman–Crippen LogP) is 0.621. The van der Waals surface area contributed by atoms with Gasteiger partial charge in [0, 0.05) is 19.0 Å². The van der Waals surface area contributed by atoms with Crippen LogP contribution in [0.2, 0.25) is 0 Å². The molecule has 1 aromatic rings. The molecule has 3 rings (SSSR count). The van der Waals surface area contributed by atoms with E-state index in [1.54, 1.807) is 0 Å². The van der Waals surface area contributed by atoms with Gasteiger partial charge in [-0.25, -0.2) is 0 Å². The number of fused-ring (bicyclic) bond motifs is 2. The van der Waals surface area contributed by atoms with Gasteiger partial charge in [-0.05, 0) is 24.5 Å². The highest BCUT2D eigenvalue weighted by molar-refractivity contribution is 7.03. The highest BCUT2D eigenvalue weighted by Crippen LogP contribution is 2.30. The normalized spacial score (nSPS) is 36.8. The molecule has 2 aliphatic rings. The van der Waals surface area contributed by atoms with Crippen LogP contribution in [-0.4, -0.2) is 40.2 Å². The van der Waals surface area contributed by atoms with E-state index in [4.69, 9.17) is 4.74 Å². The van der Waals surface area contributed by atoms with Gasteiger partial charge in [0.25, 0.3) is 0 Å². The smallest absolute Gasteiger partial charge is 0.246 e. The molecule has 0 amide bonds. The lowest BCUT2D eigenvalue weighted by molar-refractivity contribution is 0.135. The molecule has 0 radical (unpaired) electrons. The minimum absolute atomic E-state index is 0.359. The summed E-state index contributed by atoms with van der Waals surface area (Å²) in [4.78, 5) is 2.45. The van der Waals surface area contributed by atoms with Crippen LogP contribution in [0.1, 0.15) is 6.42 Å². The van der Waals surface area contributed by atoms with Crippen molar-refractivity contribution in [3.8, 4) is 5.88 Å². The summed E-state index contributed by atoms with van der Waals surface area (Å²) >= 11 is 1.34. The Hall–Kier alpha value is -0.680. The number of rotatable bonds is 2. The number of hydrogen-bond donors (Lipinski definition) is 0. The molecule has 0 saturated carbocycles. The molecule has 4 nitrogen and oxygen atoms in total. The van der Waals surface area contributed by atoms with Crippen molar-refractivity contribution in [2.75, 3.05) is 19.6 Å². The van der Waals surface area contributed by atoms with Crippen molar-refractivity contribution >= 4 is 11.5 Å². The van der Waals surface area contributed by atoms with E-state index in [-0.39, 0.29) is 0 Å². The van der Waals surface area contributed by atoms with Crippen LogP contribution in [0.15, 0.2) is 5.38 Å². The molecular weight excluding hydrogens is 186 g/mol. The van der Waals surface area contributed by atoms with Gasteiger partial charge in [0.2, 0.25) is 5.88 Å². The Morgan fingerprint density at radius 2 is 2.54 bits per heavy atom. The van der Waals surface area contributed by atoms with E-state index in [9.17, 15) is 0 Å². The SMILES string of the molecule is c1snnc1OC1CN2CCC1C2. The van der Waals surface area contributed by atoms with E-state index in [2.05, 4.69) is 14.5 Å². The number of hydrogen-bond acceptors (Lipinski definition) is 5. The van der Waals surface area contributed by atoms with E-state index >= 15 is 0 Å². The van der Waals surface area contributed by atoms with Gasteiger partial charge in [-0.15, -0.1) is 0 Å². The van der Waals surface area contributed by atoms with Crippen LogP contribution in [0.5, 0.6) is 5.88 Å². The van der Waals surface area contributed by atoms with Gasteiger partial charge >= 0.3 is 0 Å². The second-order valence-electron chi connectivity index (χ2n) is 3.71. The molecule has 3 heterocycles. The molecule has 3 unspecified atom stereocenters. The van der Waals surface area contributed by atoms with Crippen LogP contribution in [0.25, 0.3) is 0 Å². The number of ether oxygens (including phenoxy) is 1. The van der Waals surface area contributed by atoms with Crippen LogP contribution in [-0.2, 0) is 0 Å². The first-order chi connectivity index (χ1) is 6.42. The third kappa shape index (κ3) is 1.32. The van der Waals surface area contributed by atoms with Crippen molar-refractivity contribution in [2.45, 2.75) is 12.5 Å². The molecule has 0 aliphatic carbocycles. The summed E-state index contributed by atoms with van der Waals surface area (Å²) in [6.45, 7) is 3.53. The zero-order chi connectivity index (χ0) is 8.67. The quantitative estimate of drug-likeness (QED) is 0.696. The lowest BCUT2D eigenvalue weighted by atomic mass is 10.0. The number of nitrogens with zero attached hydrogens (tertiary/aromatic N) is 3. The number of aromatic nitrogens is 2. The molecule has 2 bridgehead atoms. The minimum atomic E-state index is 0.359. The van der Waals surface area contributed by atoms with Crippen LogP contribution in [0.4, 0.5) is 0 Å². The third-order valence-electron chi connectivity index (χ3n) is 2.88. The zero-order valence-electron chi connectivity index (χ0n) is 7.22. The maximum Gasteiger partial charge on any atom is 0.246 e. The molecule has 5 heteroatoms. The Kier molecular flexibility index (Phi) is 1.73. The Labute approximate surface area is 80.7 Å². The summed E-state index contributed by atoms with van der Waals surface area (Å²) in [5.74, 6) is 1.42. The molecule has 2 fully saturated rings. The third-order valence-corrected chi connectivity index (χ3v) is 3.37. The molecule has 2 saturated heterocycles. The summed E-state index contributed by atoms with van der Waals surface area (Å²) in [6, 6.07) is 0. The Morgan fingerprint density at radius 1 is 1.54 bits per heavy atom. The van der Waals surface area contributed by atoms with E-state index in [1.807, 2.05) is 5.38 Å². The van der Waals surface area contributed by atoms with Crippen molar-refractivity contribution < 1.29 is 4.74 Å². The van der Waals surface area contributed by atoms with E-state index in [0.29, 0.717) is 12.0 Å². The largest absolute Gasteiger partial charge is 0.471 e. The van der Waals surface area contributed by atoms with Gasteiger partial charge in [0.1, 0.15) is 6.10 Å². The maximum atomic E-state index is 5.74. The van der Waals surface area contributed by atoms with Gasteiger partial charge in [-0.3, -0.25) is 4.90 Å². The van der Waals surface area contributed by atoms with Gasteiger partial charge in [0.15, 0.2) is 0 Å². The first-order valence-electron chi connectivity index (χ1n) is 4.58. The minimum Gasteiger partial charge on any atom is -0.471 e. The lowest BCUT2D eigenvalue weighted by Crippen LogP contribution is -2.32. The average Bonchev–Trinajstić information content (AvgIpc) is 2.77. The molecule has 3 atom stereocenters. The standard InChI is InChI=1S/C8H11N3OS/c1-2-11-3-6(1)7(4-11)12-8-5-13-10-9-8/h5-7H,1-4H2. The first kappa shape index (κ1) is 7.70. The summed E-state index contributed by atoms with van der Waals surface area (Å²) in [5.41, 5.74) is 0. The Balaban J connectivity index is 1.68. The van der Waals surface area contributed by atoms with Gasteiger partial charge < -0.3 is 4.74 Å². The lowest BCUT2D eigenvalue weighted by Gasteiger charge is -2.21. The number of piperidine rings is 1. The highest BCUT2D eigenvalue weighted by atomic mass is 32.1. The summed E-state index contributed by atoms with van der Waals surface area (Å²) in [6.07, 6.45) is 1.64. The van der Waals surface area contributed by atoms with Crippen LogP contribution in [0, 0.1) is 5.92 Å². The molecule has 2 aliphatic heterocycles. The van der Waals surface area contributed by atoms with Gasteiger partial charge in [0.05, 0.1) is 5.38 Å². The topological polar surface area (TPSA) is 38.3 Å². The summed E-state index contributed by atoms with van der Waals surface area (Å²) in [5, 5.41) is 5.75. The van der Waals surface area contributed by atoms with Crippen LogP contribution in [0.3, 0.4) is 0 Å². The van der Waals surface area contributed by atoms with Crippen LogP contribution < -0.4 is 4.74 Å². The zero-order valence-corrected chi connectivity index (χ0v) is 8.04. The second-order valence-corrected chi connectivity index (χ2v) is 4.32. The molecule has 1 aromatic heterocycles. The summed E-state index contributed by atoms with van der Waals surface area (Å²) < 4.78 is 9.52. The predicted molar refractivity (Wildman–Crippen MR) is 48.9 cm³/mol. The van der Waals surface area contributed by atoms with Gasteiger partial charge in [-0.2, -0.15) is 0 Å². The Morgan fingerprint density at radius 3 is 3.15 bits per heavy atom. The van der Waals surface area contributed by atoms with Crippen molar-refractivity contribution in [3.05, 3.63) is 5.38 Å². The first-order valence-corrected chi connectivity index (χ1v) is 5.41. The molecule has 0 N–H and O–H groups in total. The van der Waals surface area contributed by atoms with Crippen molar-refractivity contribution in [3.63, 3.8) is 0 Å². The molecule has 13 heavy (non-hydrogen) atoms. The molecule has 0 spiro atoms. The average molecular weight is 197 g/mol. The Bertz CT molecular complexity index is 290. The fourth-order valence-corrected chi connectivity index (χ4v) is 2.60. The second kappa shape index (κ2) is 2.92. The van der Waals surface area contributed by atoms with E-state index < -0.39 is 0 Å². The molecule has 70 valence electrons. The van der Waals surface area contributed by atoms with Crippen molar-refractivity contribution in [2.24, 2.45) is 5.92 Å². The van der Waals surface area contributed by atoms with E-state index in [1.165, 1.54) is 31.0 Å². The fourth-order valence-electron chi connectivity index (χ4n) is 2.23. The maximum absolute atomic E-state index is 5.74. The van der Waals surface area contributed by atoms with Crippen LogP contribution >= 0.6 is 11.5 Å². The highest BCUT2D eigenvalue weighted by Gasteiger charge is 2.39. The van der Waals surface area contributed by atoms with Crippen molar-refractivity contribution in [1.29, 1.82) is 0 Å². The molecule has 0 aromatic carbocycles. The molecular formula is C8H11N3OS. The van der Waals surface area contributed by atoms with Crippen molar-refractivity contribution in [1.82, 2.24) is 14.5 Å². The van der Waals surface area contributed by atoms with E-state index in [0.717, 1.165) is 12.5 Å². The fraction of sp³-hybridized carbons (Fsp3) is 0.750.